The Morgan fingerprint density at radius 2 is 2.15 bits per heavy atom. The van der Waals surface area contributed by atoms with Gasteiger partial charge in [-0.05, 0) is 43.1 Å². The molecular formula is C19H21FN4O2S. The van der Waals surface area contributed by atoms with Crippen LogP contribution in [0, 0.1) is 5.82 Å². The third-order valence-corrected chi connectivity index (χ3v) is 6.12. The third kappa shape index (κ3) is 3.42. The number of amides is 3. The standard InChI is InChI=1S/C19H21FN4O2S/c1-22-10-17(25)24(16-5-8-27-11-16)13-19(22)6-7-23(12-19)18(26)21-15-4-2-3-14(20)9-15/h2-5,8-9,11H,6-7,10,12-13H2,1H3,(H,21,26)/t19-/m0/s1. The van der Waals surface area contributed by atoms with Gasteiger partial charge in [0.1, 0.15) is 5.82 Å². The number of anilines is 2. The fourth-order valence-electron chi connectivity index (χ4n) is 3.84. The van der Waals surface area contributed by atoms with Gasteiger partial charge in [0.05, 0.1) is 17.8 Å². The molecule has 1 N–H and O–H groups in total. The topological polar surface area (TPSA) is 55.9 Å². The first kappa shape index (κ1) is 17.9. The Bertz CT molecular complexity index is 859. The summed E-state index contributed by atoms with van der Waals surface area (Å²) in [5.74, 6) is -0.313. The van der Waals surface area contributed by atoms with Gasteiger partial charge in [0.25, 0.3) is 0 Å². The van der Waals surface area contributed by atoms with E-state index in [4.69, 9.17) is 0 Å². The van der Waals surface area contributed by atoms with Crippen molar-refractivity contribution < 1.29 is 14.0 Å². The van der Waals surface area contributed by atoms with Crippen molar-refractivity contribution >= 4 is 34.6 Å². The predicted molar refractivity (Wildman–Crippen MR) is 104 cm³/mol. The van der Waals surface area contributed by atoms with E-state index >= 15 is 0 Å². The quantitative estimate of drug-likeness (QED) is 0.861. The molecule has 0 bridgehead atoms. The molecule has 142 valence electrons. The predicted octanol–water partition coefficient (Wildman–Crippen LogP) is 2.84. The number of carbonyl (C=O) groups excluding carboxylic acids is 2. The lowest BCUT2D eigenvalue weighted by atomic mass is 9.93. The smallest absolute Gasteiger partial charge is 0.321 e. The van der Waals surface area contributed by atoms with Gasteiger partial charge in [-0.15, -0.1) is 0 Å². The van der Waals surface area contributed by atoms with Crippen LogP contribution >= 0.6 is 11.3 Å². The molecule has 3 amide bonds. The van der Waals surface area contributed by atoms with Gasteiger partial charge in [-0.25, -0.2) is 9.18 Å². The third-order valence-electron chi connectivity index (χ3n) is 5.45. The summed E-state index contributed by atoms with van der Waals surface area (Å²) in [4.78, 5) is 30.7. The first-order valence-corrected chi connectivity index (χ1v) is 9.76. The number of hydrogen-bond donors (Lipinski definition) is 1. The van der Waals surface area contributed by atoms with E-state index in [1.807, 2.05) is 28.8 Å². The zero-order valence-electron chi connectivity index (χ0n) is 15.0. The number of halogens is 1. The van der Waals surface area contributed by atoms with Crippen LogP contribution in [0.3, 0.4) is 0 Å². The van der Waals surface area contributed by atoms with Crippen LogP contribution in [0.5, 0.6) is 0 Å². The van der Waals surface area contributed by atoms with Crippen LogP contribution in [0.1, 0.15) is 6.42 Å². The highest BCUT2D eigenvalue weighted by molar-refractivity contribution is 7.08. The molecule has 4 rings (SSSR count). The Morgan fingerprint density at radius 3 is 2.89 bits per heavy atom. The number of likely N-dealkylation sites (N-methyl/N-ethyl adjacent to an activating group) is 1. The number of urea groups is 1. The highest BCUT2D eigenvalue weighted by Crippen LogP contribution is 2.34. The molecule has 1 aromatic carbocycles. The first-order valence-electron chi connectivity index (χ1n) is 8.82. The second-order valence-corrected chi connectivity index (χ2v) is 7.93. The van der Waals surface area contributed by atoms with Crippen LogP contribution in [-0.4, -0.2) is 60.5 Å². The number of nitrogens with one attached hydrogen (secondary N) is 1. The second-order valence-electron chi connectivity index (χ2n) is 7.15. The van der Waals surface area contributed by atoms with Gasteiger partial charge in [0, 0.05) is 30.7 Å². The number of carbonyl (C=O) groups is 2. The average Bonchev–Trinajstić information content (AvgIpc) is 3.29. The summed E-state index contributed by atoms with van der Waals surface area (Å²) in [5.41, 5.74) is 1.09. The Labute approximate surface area is 161 Å². The summed E-state index contributed by atoms with van der Waals surface area (Å²) in [6.45, 7) is 2.01. The zero-order chi connectivity index (χ0) is 19.0. The fourth-order valence-corrected chi connectivity index (χ4v) is 4.49. The number of nitrogens with zero attached hydrogens (tertiary/aromatic N) is 3. The number of rotatable bonds is 2. The van der Waals surface area contributed by atoms with Crippen molar-refractivity contribution in [2.45, 2.75) is 12.0 Å². The normalized spacial score (nSPS) is 23.3. The fraction of sp³-hybridized carbons (Fsp3) is 0.368. The van der Waals surface area contributed by atoms with E-state index in [2.05, 4.69) is 10.2 Å². The van der Waals surface area contributed by atoms with Crippen LogP contribution < -0.4 is 10.2 Å². The number of benzene rings is 1. The van der Waals surface area contributed by atoms with Crippen molar-refractivity contribution in [1.29, 1.82) is 0 Å². The zero-order valence-corrected chi connectivity index (χ0v) is 15.8. The van der Waals surface area contributed by atoms with Crippen LogP contribution in [0.2, 0.25) is 0 Å². The largest absolute Gasteiger partial charge is 0.323 e. The molecule has 0 unspecified atom stereocenters. The number of hydrogen-bond acceptors (Lipinski definition) is 4. The van der Waals surface area contributed by atoms with E-state index in [1.165, 1.54) is 12.1 Å². The van der Waals surface area contributed by atoms with Gasteiger partial charge < -0.3 is 15.1 Å². The summed E-state index contributed by atoms with van der Waals surface area (Å²) >= 11 is 1.56. The van der Waals surface area contributed by atoms with Gasteiger partial charge in [-0.2, -0.15) is 11.3 Å². The maximum absolute atomic E-state index is 13.3. The molecule has 0 saturated carbocycles. The summed E-state index contributed by atoms with van der Waals surface area (Å²) in [6.07, 6.45) is 0.786. The van der Waals surface area contributed by atoms with E-state index in [-0.39, 0.29) is 23.3 Å². The van der Waals surface area contributed by atoms with Crippen LogP contribution in [0.15, 0.2) is 41.1 Å². The van der Waals surface area contributed by atoms with Crippen LogP contribution in [0.25, 0.3) is 0 Å². The number of thiophene rings is 1. The molecule has 8 heteroatoms. The van der Waals surface area contributed by atoms with E-state index in [9.17, 15) is 14.0 Å². The molecule has 0 radical (unpaired) electrons. The molecule has 2 fully saturated rings. The molecule has 1 aromatic heterocycles. The lowest BCUT2D eigenvalue weighted by Crippen LogP contribution is -2.64. The minimum atomic E-state index is -0.386. The Kier molecular flexibility index (Phi) is 4.61. The van der Waals surface area contributed by atoms with E-state index in [0.717, 1.165) is 12.1 Å². The van der Waals surface area contributed by atoms with Crippen LogP contribution in [0.4, 0.5) is 20.6 Å². The molecule has 3 heterocycles. The van der Waals surface area contributed by atoms with Crippen molar-refractivity contribution in [1.82, 2.24) is 9.80 Å². The number of piperazine rings is 1. The number of likely N-dealkylation sites (tertiary alicyclic amines) is 1. The molecule has 1 atom stereocenters. The van der Waals surface area contributed by atoms with Crippen molar-refractivity contribution in [2.75, 3.05) is 43.4 Å². The highest BCUT2D eigenvalue weighted by atomic mass is 32.1. The summed E-state index contributed by atoms with van der Waals surface area (Å²) in [7, 11) is 1.94. The van der Waals surface area contributed by atoms with Crippen molar-refractivity contribution in [3.8, 4) is 0 Å². The minimum absolute atomic E-state index is 0.0733. The van der Waals surface area contributed by atoms with Gasteiger partial charge in [-0.1, -0.05) is 6.07 Å². The van der Waals surface area contributed by atoms with Gasteiger partial charge >= 0.3 is 6.03 Å². The monoisotopic (exact) mass is 388 g/mol. The maximum Gasteiger partial charge on any atom is 0.321 e. The molecular weight excluding hydrogens is 367 g/mol. The summed E-state index contributed by atoms with van der Waals surface area (Å²) in [5, 5.41) is 6.69. The molecule has 1 spiro atoms. The summed E-state index contributed by atoms with van der Waals surface area (Å²) in [6, 6.07) is 7.57. The Hall–Kier alpha value is -2.45. The Morgan fingerprint density at radius 1 is 1.30 bits per heavy atom. The highest BCUT2D eigenvalue weighted by Gasteiger charge is 2.48. The lowest BCUT2D eigenvalue weighted by Gasteiger charge is -2.46. The van der Waals surface area contributed by atoms with Crippen LogP contribution in [-0.2, 0) is 4.79 Å². The molecule has 0 aliphatic carbocycles. The lowest BCUT2D eigenvalue weighted by molar-refractivity contribution is -0.123. The summed E-state index contributed by atoms with van der Waals surface area (Å²) < 4.78 is 13.3. The molecule has 6 nitrogen and oxygen atoms in total. The van der Waals surface area contributed by atoms with Gasteiger partial charge in [0.2, 0.25) is 5.91 Å². The van der Waals surface area contributed by atoms with Crippen molar-refractivity contribution in [3.63, 3.8) is 0 Å². The average molecular weight is 388 g/mol. The molecule has 27 heavy (non-hydrogen) atoms. The molecule has 2 aromatic rings. The minimum Gasteiger partial charge on any atom is -0.323 e. The Balaban J connectivity index is 1.48. The van der Waals surface area contributed by atoms with E-state index in [1.54, 1.807) is 28.4 Å². The van der Waals surface area contributed by atoms with Crippen molar-refractivity contribution in [3.05, 3.63) is 46.9 Å². The molecule has 2 saturated heterocycles. The maximum atomic E-state index is 13.3. The van der Waals surface area contributed by atoms with E-state index in [0.29, 0.717) is 31.9 Å². The van der Waals surface area contributed by atoms with Crippen molar-refractivity contribution in [2.24, 2.45) is 0 Å². The second kappa shape index (κ2) is 6.94. The molecule has 2 aliphatic rings. The molecule has 2 aliphatic heterocycles. The van der Waals surface area contributed by atoms with Gasteiger partial charge in [0.15, 0.2) is 0 Å². The first-order chi connectivity index (χ1) is 13.0. The van der Waals surface area contributed by atoms with E-state index < -0.39 is 0 Å². The SMILES string of the molecule is CN1CC(=O)N(c2ccsc2)C[C@@]12CCN(C(=O)Nc1cccc(F)c1)C2. The van der Waals surface area contributed by atoms with Gasteiger partial charge in [-0.3, -0.25) is 9.69 Å².